The number of fused-ring (bicyclic) bond motifs is 1. The third-order valence-electron chi connectivity index (χ3n) is 5.92. The van der Waals surface area contributed by atoms with Crippen LogP contribution in [0, 0.1) is 0 Å². The highest BCUT2D eigenvalue weighted by Crippen LogP contribution is 2.24. The molecule has 0 unspecified atom stereocenters. The predicted octanol–water partition coefficient (Wildman–Crippen LogP) is 3.56. The van der Waals surface area contributed by atoms with Crippen LogP contribution in [0.15, 0.2) is 71.5 Å². The molecule has 178 valence electrons. The number of carbonyl (C=O) groups excluding carboxylic acids is 1. The molecule has 5 rings (SSSR count). The second-order valence-corrected chi connectivity index (χ2v) is 8.38. The van der Waals surface area contributed by atoms with Crippen molar-refractivity contribution in [1.29, 1.82) is 0 Å². The summed E-state index contributed by atoms with van der Waals surface area (Å²) in [6, 6.07) is 19.6. The number of aryl methyl sites for hydroxylation is 1. The smallest absolute Gasteiger partial charge is 0.276 e. The summed E-state index contributed by atoms with van der Waals surface area (Å²) in [6.07, 6.45) is 4.42. The summed E-state index contributed by atoms with van der Waals surface area (Å²) in [7, 11) is 0. The van der Waals surface area contributed by atoms with E-state index in [9.17, 15) is 9.59 Å². The predicted molar refractivity (Wildman–Crippen MR) is 131 cm³/mol. The molecule has 1 amide bonds. The van der Waals surface area contributed by atoms with Crippen LogP contribution in [0.2, 0.25) is 0 Å². The van der Waals surface area contributed by atoms with E-state index in [1.165, 1.54) is 23.2 Å². The Morgan fingerprint density at radius 1 is 0.943 bits per heavy atom. The summed E-state index contributed by atoms with van der Waals surface area (Å²) in [5, 5.41) is 15.8. The summed E-state index contributed by atoms with van der Waals surface area (Å²) in [6.45, 7) is 1.41. The maximum Gasteiger partial charge on any atom is 0.276 e. The van der Waals surface area contributed by atoms with Gasteiger partial charge in [-0.05, 0) is 55.3 Å². The second-order valence-electron chi connectivity index (χ2n) is 8.38. The number of para-hydroxylation sites is 1. The third-order valence-corrected chi connectivity index (χ3v) is 5.92. The van der Waals surface area contributed by atoms with Gasteiger partial charge in [-0.3, -0.25) is 9.59 Å². The molecule has 35 heavy (non-hydrogen) atoms. The minimum Gasteiger partial charge on any atom is -0.492 e. The maximum absolute atomic E-state index is 12.8. The van der Waals surface area contributed by atoms with Crippen LogP contribution in [0.4, 0.5) is 5.69 Å². The molecule has 0 aliphatic carbocycles. The molecule has 0 radical (unpaired) electrons. The van der Waals surface area contributed by atoms with Gasteiger partial charge in [0.25, 0.3) is 11.5 Å². The molecule has 0 spiro atoms. The number of nitrogens with one attached hydrogen (secondary N) is 1. The molecular weight excluding hydrogens is 444 g/mol. The van der Waals surface area contributed by atoms with Gasteiger partial charge in [0.05, 0.1) is 6.54 Å². The van der Waals surface area contributed by atoms with Crippen molar-refractivity contribution in [1.82, 2.24) is 24.5 Å². The molecule has 9 nitrogen and oxygen atoms in total. The normalized spacial score (nSPS) is 13.0. The standard InChI is InChI=1S/C26H26N6O3/c33-24-15-14-22(30-32(24)17-18-35-21-7-3-1-4-8-21)26(34)27-20-12-10-19(11-13-20)25-29-28-23-9-5-2-6-16-31(23)25/h1,3-4,7-8,10-15H,2,5-6,9,16-18H2,(H,27,34). The van der Waals surface area contributed by atoms with Gasteiger partial charge in [-0.1, -0.05) is 24.6 Å². The van der Waals surface area contributed by atoms with Gasteiger partial charge >= 0.3 is 0 Å². The number of benzene rings is 2. The number of amides is 1. The molecule has 4 aromatic rings. The van der Waals surface area contributed by atoms with Gasteiger partial charge in [-0.2, -0.15) is 5.10 Å². The summed E-state index contributed by atoms with van der Waals surface area (Å²) in [4.78, 5) is 24.9. The number of nitrogens with zero attached hydrogens (tertiary/aromatic N) is 5. The van der Waals surface area contributed by atoms with Crippen LogP contribution in [0.25, 0.3) is 11.4 Å². The van der Waals surface area contributed by atoms with Crippen LogP contribution >= 0.6 is 0 Å². The van der Waals surface area contributed by atoms with E-state index < -0.39 is 5.91 Å². The minimum atomic E-state index is -0.396. The van der Waals surface area contributed by atoms with Gasteiger partial charge in [0, 0.05) is 30.3 Å². The van der Waals surface area contributed by atoms with Gasteiger partial charge in [-0.25, -0.2) is 4.68 Å². The van der Waals surface area contributed by atoms with E-state index in [0.29, 0.717) is 11.4 Å². The van der Waals surface area contributed by atoms with Gasteiger partial charge < -0.3 is 14.6 Å². The highest BCUT2D eigenvalue weighted by molar-refractivity contribution is 6.02. The van der Waals surface area contributed by atoms with E-state index in [1.54, 1.807) is 0 Å². The Labute approximate surface area is 202 Å². The van der Waals surface area contributed by atoms with Crippen molar-refractivity contribution in [2.24, 2.45) is 0 Å². The van der Waals surface area contributed by atoms with Gasteiger partial charge in [0.2, 0.25) is 0 Å². The van der Waals surface area contributed by atoms with Crippen LogP contribution in [-0.2, 0) is 19.5 Å². The SMILES string of the molecule is O=C(Nc1ccc(-c2nnc3n2CCCCC3)cc1)c1ccc(=O)n(CCOc2ccccc2)n1. The first-order chi connectivity index (χ1) is 17.2. The fraction of sp³-hybridized carbons (Fsp3) is 0.269. The minimum absolute atomic E-state index is 0.149. The number of carbonyl (C=O) groups is 1. The van der Waals surface area contributed by atoms with Crippen LogP contribution in [0.1, 0.15) is 35.6 Å². The van der Waals surface area contributed by atoms with E-state index in [-0.39, 0.29) is 24.4 Å². The van der Waals surface area contributed by atoms with Crippen LogP contribution in [0.3, 0.4) is 0 Å². The number of hydrogen-bond donors (Lipinski definition) is 1. The largest absolute Gasteiger partial charge is 0.492 e. The summed E-state index contributed by atoms with van der Waals surface area (Å²) >= 11 is 0. The number of anilines is 1. The van der Waals surface area contributed by atoms with E-state index in [1.807, 2.05) is 54.6 Å². The lowest BCUT2D eigenvalue weighted by Crippen LogP contribution is -2.28. The molecule has 0 saturated heterocycles. The van der Waals surface area contributed by atoms with Crippen molar-refractivity contribution < 1.29 is 9.53 Å². The molecule has 9 heteroatoms. The average molecular weight is 471 g/mol. The molecule has 0 bridgehead atoms. The summed E-state index contributed by atoms with van der Waals surface area (Å²) < 4.78 is 9.06. The van der Waals surface area contributed by atoms with Crippen molar-refractivity contribution in [3.63, 3.8) is 0 Å². The lowest BCUT2D eigenvalue weighted by molar-refractivity contribution is 0.101. The lowest BCUT2D eigenvalue weighted by Gasteiger charge is -2.10. The van der Waals surface area contributed by atoms with Crippen LogP contribution in [-0.4, -0.2) is 37.1 Å². The Morgan fingerprint density at radius 3 is 2.60 bits per heavy atom. The Bertz CT molecular complexity index is 1360. The van der Waals surface area contributed by atoms with Crippen molar-refractivity contribution in [3.05, 3.63) is 88.6 Å². The molecular formula is C26H26N6O3. The Hall–Kier alpha value is -4.27. The molecule has 0 fully saturated rings. The highest BCUT2D eigenvalue weighted by Gasteiger charge is 2.16. The van der Waals surface area contributed by atoms with Gasteiger partial charge in [-0.15, -0.1) is 10.2 Å². The zero-order valence-electron chi connectivity index (χ0n) is 19.3. The molecule has 3 heterocycles. The summed E-state index contributed by atoms with van der Waals surface area (Å²) in [5.74, 6) is 2.20. The van der Waals surface area contributed by atoms with E-state index in [2.05, 4.69) is 25.2 Å². The molecule has 0 saturated carbocycles. The van der Waals surface area contributed by atoms with Crippen molar-refractivity contribution in [3.8, 4) is 17.1 Å². The number of rotatable bonds is 7. The Kier molecular flexibility index (Phi) is 6.65. The molecule has 2 aromatic carbocycles. The van der Waals surface area contributed by atoms with E-state index in [0.717, 1.165) is 43.0 Å². The van der Waals surface area contributed by atoms with Crippen molar-refractivity contribution >= 4 is 11.6 Å². The molecule has 1 aliphatic rings. The van der Waals surface area contributed by atoms with Gasteiger partial charge in [0.15, 0.2) is 5.82 Å². The van der Waals surface area contributed by atoms with Crippen LogP contribution in [0.5, 0.6) is 5.75 Å². The zero-order valence-corrected chi connectivity index (χ0v) is 19.3. The number of aromatic nitrogens is 5. The molecule has 1 aliphatic heterocycles. The topological polar surface area (TPSA) is 104 Å². The first-order valence-corrected chi connectivity index (χ1v) is 11.8. The number of hydrogen-bond acceptors (Lipinski definition) is 6. The molecule has 1 N–H and O–H groups in total. The monoisotopic (exact) mass is 470 g/mol. The maximum atomic E-state index is 12.8. The fourth-order valence-electron chi connectivity index (χ4n) is 4.09. The highest BCUT2D eigenvalue weighted by atomic mass is 16.5. The quantitative estimate of drug-likeness (QED) is 0.443. The molecule has 2 aromatic heterocycles. The first kappa shape index (κ1) is 22.5. The van der Waals surface area contributed by atoms with Crippen LogP contribution < -0.4 is 15.6 Å². The average Bonchev–Trinajstić information content (AvgIpc) is 3.14. The van der Waals surface area contributed by atoms with Crippen molar-refractivity contribution in [2.75, 3.05) is 11.9 Å². The van der Waals surface area contributed by atoms with E-state index >= 15 is 0 Å². The Balaban J connectivity index is 1.24. The number of ether oxygens (including phenoxy) is 1. The summed E-state index contributed by atoms with van der Waals surface area (Å²) in [5.41, 5.74) is 1.43. The second kappa shape index (κ2) is 10.3. The van der Waals surface area contributed by atoms with Gasteiger partial charge in [0.1, 0.15) is 23.9 Å². The molecule has 0 atom stereocenters. The third kappa shape index (κ3) is 5.29. The Morgan fingerprint density at radius 2 is 1.77 bits per heavy atom. The van der Waals surface area contributed by atoms with Crippen molar-refractivity contribution in [2.45, 2.75) is 38.8 Å². The lowest BCUT2D eigenvalue weighted by atomic mass is 10.2. The first-order valence-electron chi connectivity index (χ1n) is 11.8. The fourth-order valence-corrected chi connectivity index (χ4v) is 4.09. The van der Waals surface area contributed by atoms with E-state index in [4.69, 9.17) is 4.74 Å². The zero-order chi connectivity index (χ0) is 24.0.